The van der Waals surface area contributed by atoms with Gasteiger partial charge in [0.2, 0.25) is 11.6 Å². The lowest BCUT2D eigenvalue weighted by molar-refractivity contribution is -0.140. The van der Waals surface area contributed by atoms with E-state index < -0.39 is 40.9 Å². The van der Waals surface area contributed by atoms with Crippen molar-refractivity contribution in [2.24, 2.45) is 11.8 Å². The zero-order valence-electron chi connectivity index (χ0n) is 20.2. The van der Waals surface area contributed by atoms with Crippen molar-refractivity contribution in [2.45, 2.75) is 76.5 Å². The van der Waals surface area contributed by atoms with Gasteiger partial charge in [0.1, 0.15) is 0 Å². The summed E-state index contributed by atoms with van der Waals surface area (Å²) in [6.07, 6.45) is 6.77. The molecule has 190 valence electrons. The van der Waals surface area contributed by atoms with E-state index in [1.165, 1.54) is 13.2 Å². The Kier molecular flexibility index (Phi) is 8.02. The van der Waals surface area contributed by atoms with Gasteiger partial charge in [-0.3, -0.25) is 4.79 Å². The molecule has 0 spiro atoms. The highest BCUT2D eigenvalue weighted by Crippen LogP contribution is 2.42. The maximum absolute atomic E-state index is 15.1. The van der Waals surface area contributed by atoms with E-state index in [0.717, 1.165) is 38.2 Å². The molecule has 0 aliphatic heterocycles. The molecule has 0 unspecified atom stereocenters. The third-order valence-corrected chi connectivity index (χ3v) is 7.95. The molecule has 0 bridgehead atoms. The van der Waals surface area contributed by atoms with E-state index in [2.05, 4.69) is 6.92 Å². The number of rotatable bonds is 6. The second-order valence-corrected chi connectivity index (χ2v) is 9.86. The maximum atomic E-state index is 15.1. The average Bonchev–Trinajstić information content (AvgIpc) is 2.88. The lowest BCUT2D eigenvalue weighted by Crippen LogP contribution is -2.26. The molecule has 2 aliphatic carbocycles. The molecule has 0 aromatic heterocycles. The van der Waals surface area contributed by atoms with Gasteiger partial charge >= 0.3 is 5.97 Å². The predicted molar refractivity (Wildman–Crippen MR) is 125 cm³/mol. The zero-order valence-corrected chi connectivity index (χ0v) is 20.2. The summed E-state index contributed by atoms with van der Waals surface area (Å²) < 4.78 is 67.9. The zero-order chi connectivity index (χ0) is 25.1. The number of halogens is 4. The molecule has 2 saturated carbocycles. The van der Waals surface area contributed by atoms with Crippen LogP contribution in [0.5, 0.6) is 11.5 Å². The van der Waals surface area contributed by atoms with Crippen LogP contribution in [0.1, 0.15) is 87.7 Å². The van der Waals surface area contributed by atoms with E-state index in [9.17, 15) is 13.6 Å². The topological polar surface area (TPSA) is 35.5 Å². The molecule has 0 heterocycles. The van der Waals surface area contributed by atoms with Gasteiger partial charge in [-0.05, 0) is 92.4 Å². The normalized spacial score (nSPS) is 24.7. The minimum atomic E-state index is -1.28. The molecule has 0 amide bonds. The van der Waals surface area contributed by atoms with Crippen LogP contribution in [0.3, 0.4) is 0 Å². The van der Waals surface area contributed by atoms with E-state index in [-0.39, 0.29) is 17.6 Å². The Morgan fingerprint density at radius 3 is 1.74 bits per heavy atom. The smallest absolute Gasteiger partial charge is 0.314 e. The van der Waals surface area contributed by atoms with Crippen molar-refractivity contribution >= 4 is 5.97 Å². The predicted octanol–water partition coefficient (Wildman–Crippen LogP) is 7.81. The van der Waals surface area contributed by atoms with Gasteiger partial charge in [0, 0.05) is 0 Å². The maximum Gasteiger partial charge on any atom is 0.314 e. The number of carbonyl (C=O) groups excluding carboxylic acids is 1. The Labute approximate surface area is 203 Å². The molecule has 0 radical (unpaired) electrons. The molecule has 0 N–H and O–H groups in total. The summed E-state index contributed by atoms with van der Waals surface area (Å²) in [5.41, 5.74) is 0.829. The second kappa shape index (κ2) is 11.0. The van der Waals surface area contributed by atoms with Crippen molar-refractivity contribution in [3.05, 3.63) is 58.7 Å². The van der Waals surface area contributed by atoms with Crippen LogP contribution in [0.2, 0.25) is 0 Å². The van der Waals surface area contributed by atoms with Crippen LogP contribution in [0.15, 0.2) is 24.3 Å². The Balaban J connectivity index is 1.37. The van der Waals surface area contributed by atoms with E-state index in [0.29, 0.717) is 42.7 Å². The molecule has 2 aromatic rings. The Hall–Kier alpha value is -2.57. The summed E-state index contributed by atoms with van der Waals surface area (Å²) >= 11 is 0. The van der Waals surface area contributed by atoms with Crippen LogP contribution in [0.4, 0.5) is 17.6 Å². The van der Waals surface area contributed by atoms with Gasteiger partial charge in [-0.2, -0.15) is 8.78 Å². The number of methoxy groups -OCH3 is 1. The van der Waals surface area contributed by atoms with Gasteiger partial charge in [-0.25, -0.2) is 8.78 Å². The van der Waals surface area contributed by atoms with E-state index >= 15 is 8.78 Å². The average molecular weight is 493 g/mol. The summed E-state index contributed by atoms with van der Waals surface area (Å²) in [4.78, 5) is 12.5. The van der Waals surface area contributed by atoms with Gasteiger partial charge in [0.25, 0.3) is 0 Å². The molecule has 0 saturated heterocycles. The van der Waals surface area contributed by atoms with Crippen LogP contribution in [-0.4, -0.2) is 13.1 Å². The highest BCUT2D eigenvalue weighted by molar-refractivity contribution is 5.75. The van der Waals surface area contributed by atoms with Crippen LogP contribution >= 0.6 is 0 Å². The van der Waals surface area contributed by atoms with E-state index in [4.69, 9.17) is 9.47 Å². The monoisotopic (exact) mass is 492 g/mol. The summed E-state index contributed by atoms with van der Waals surface area (Å²) in [5, 5.41) is 0. The molecule has 2 fully saturated rings. The van der Waals surface area contributed by atoms with Gasteiger partial charge < -0.3 is 9.47 Å². The third-order valence-electron chi connectivity index (χ3n) is 7.95. The van der Waals surface area contributed by atoms with Crippen molar-refractivity contribution < 1.29 is 31.8 Å². The van der Waals surface area contributed by atoms with Crippen LogP contribution in [0, 0.1) is 35.1 Å². The van der Waals surface area contributed by atoms with E-state index in [1.54, 1.807) is 12.1 Å². The summed E-state index contributed by atoms with van der Waals surface area (Å²) in [6.45, 7) is 2.17. The molecule has 7 heteroatoms. The summed E-state index contributed by atoms with van der Waals surface area (Å²) in [6, 6.07) is 5.79. The Morgan fingerprint density at radius 1 is 0.743 bits per heavy atom. The Bertz CT molecular complexity index is 1050. The number of hydrogen-bond acceptors (Lipinski definition) is 3. The highest BCUT2D eigenvalue weighted by Gasteiger charge is 2.32. The minimum absolute atomic E-state index is 0.0649. The molecular weight excluding hydrogens is 460 g/mol. The largest absolute Gasteiger partial charge is 0.494 e. The first-order valence-corrected chi connectivity index (χ1v) is 12.5. The fraction of sp³-hybridized carbons (Fsp3) is 0.536. The van der Waals surface area contributed by atoms with Gasteiger partial charge in [-0.1, -0.05) is 25.5 Å². The second-order valence-electron chi connectivity index (χ2n) is 9.86. The van der Waals surface area contributed by atoms with E-state index in [1.807, 2.05) is 0 Å². The molecule has 35 heavy (non-hydrogen) atoms. The molecule has 2 aliphatic rings. The molecular formula is C28H32F4O3. The van der Waals surface area contributed by atoms with Crippen molar-refractivity contribution in [3.63, 3.8) is 0 Å². The van der Waals surface area contributed by atoms with Crippen molar-refractivity contribution in [3.8, 4) is 11.5 Å². The van der Waals surface area contributed by atoms with Crippen LogP contribution < -0.4 is 9.47 Å². The number of esters is 1. The standard InChI is InChI=1S/C28H32F4O3/c1-3-16-4-6-17(7-5-16)20-12-13-21(25(30)24(20)29)18-8-10-19(11-9-18)28(33)35-23-15-14-22(34-2)26(31)27(23)32/h12-19H,3-11H2,1-2H3. The quantitative estimate of drug-likeness (QED) is 0.234. The molecule has 4 rings (SSSR count). The summed E-state index contributed by atoms with van der Waals surface area (Å²) in [5.74, 6) is -5.42. The first-order valence-electron chi connectivity index (χ1n) is 12.5. The van der Waals surface area contributed by atoms with Crippen LogP contribution in [-0.2, 0) is 4.79 Å². The molecule has 3 nitrogen and oxygen atoms in total. The summed E-state index contributed by atoms with van der Waals surface area (Å²) in [7, 11) is 1.21. The SMILES string of the molecule is CCC1CCC(c2ccc(C3CCC(C(=O)Oc4ccc(OC)c(F)c4F)CC3)c(F)c2F)CC1. The third kappa shape index (κ3) is 5.34. The Morgan fingerprint density at radius 2 is 1.23 bits per heavy atom. The van der Waals surface area contributed by atoms with Crippen molar-refractivity contribution in [1.82, 2.24) is 0 Å². The molecule has 2 aromatic carbocycles. The van der Waals surface area contributed by atoms with Crippen molar-refractivity contribution in [2.75, 3.05) is 7.11 Å². The first-order chi connectivity index (χ1) is 16.8. The molecule has 0 atom stereocenters. The number of carbonyl (C=O) groups is 1. The highest BCUT2D eigenvalue weighted by atomic mass is 19.2. The van der Waals surface area contributed by atoms with Crippen LogP contribution in [0.25, 0.3) is 0 Å². The van der Waals surface area contributed by atoms with Crippen molar-refractivity contribution in [1.29, 1.82) is 0 Å². The number of benzene rings is 2. The fourth-order valence-corrected chi connectivity index (χ4v) is 5.67. The van der Waals surface area contributed by atoms with Gasteiger partial charge in [0.05, 0.1) is 13.0 Å². The first kappa shape index (κ1) is 25.5. The fourth-order valence-electron chi connectivity index (χ4n) is 5.67. The lowest BCUT2D eigenvalue weighted by atomic mass is 9.76. The lowest BCUT2D eigenvalue weighted by Gasteiger charge is -2.30. The number of ether oxygens (including phenoxy) is 2. The van der Waals surface area contributed by atoms with Gasteiger partial charge in [-0.15, -0.1) is 0 Å². The van der Waals surface area contributed by atoms with Gasteiger partial charge in [0.15, 0.2) is 23.1 Å². The number of hydrogen-bond donors (Lipinski definition) is 0. The minimum Gasteiger partial charge on any atom is -0.494 e.